The van der Waals surface area contributed by atoms with Crippen molar-refractivity contribution in [3.8, 4) is 0 Å². The van der Waals surface area contributed by atoms with Crippen LogP contribution in [0.3, 0.4) is 0 Å². The minimum atomic E-state index is 0.921. The van der Waals surface area contributed by atoms with Crippen molar-refractivity contribution >= 4 is 0 Å². The molecule has 0 aromatic rings. The van der Waals surface area contributed by atoms with Gasteiger partial charge in [0.2, 0.25) is 0 Å². The molecular weight excluding hydrogens is 112 g/mol. The third-order valence-corrected chi connectivity index (χ3v) is 1.50. The largest absolute Gasteiger partial charge is 0.659 e. The maximum atomic E-state index is 4.20. The lowest BCUT2D eigenvalue weighted by atomic mass is 10.3. The van der Waals surface area contributed by atoms with E-state index in [1.807, 2.05) is 0 Å². The van der Waals surface area contributed by atoms with E-state index in [4.69, 9.17) is 0 Å². The molecule has 1 rings (SSSR count). The molecule has 1 aliphatic rings. The summed E-state index contributed by atoms with van der Waals surface area (Å²) in [6.07, 6.45) is 0. The van der Waals surface area contributed by atoms with Crippen LogP contribution in [0.4, 0.5) is 0 Å². The molecule has 0 aromatic carbocycles. The zero-order valence-electron chi connectivity index (χ0n) is 5.64. The van der Waals surface area contributed by atoms with Gasteiger partial charge in [0.15, 0.2) is 5.70 Å². The molecule has 0 saturated carbocycles. The Hall–Kier alpha value is -0.630. The first kappa shape index (κ1) is 6.49. The number of rotatable bonds is 1. The number of nitrogens with zero attached hydrogens (tertiary/aromatic N) is 2. The van der Waals surface area contributed by atoms with Gasteiger partial charge in [-0.3, -0.25) is 0 Å². The van der Waals surface area contributed by atoms with Gasteiger partial charge in [0.1, 0.15) is 0 Å². The first-order valence-electron chi connectivity index (χ1n) is 3.20. The van der Waals surface area contributed by atoms with Crippen LogP contribution in [0.2, 0.25) is 0 Å². The SMILES string of the molecule is C=C([CH2+])N1CC[N-]CC1. The van der Waals surface area contributed by atoms with Crippen molar-refractivity contribution in [1.82, 2.24) is 4.90 Å². The van der Waals surface area contributed by atoms with E-state index in [1.54, 1.807) is 0 Å². The van der Waals surface area contributed by atoms with Gasteiger partial charge in [-0.05, 0) is 0 Å². The molecule has 2 nitrogen and oxygen atoms in total. The molecule has 0 atom stereocenters. The topological polar surface area (TPSA) is 17.3 Å². The molecule has 0 N–H and O–H groups in total. The summed E-state index contributed by atoms with van der Waals surface area (Å²) in [6.45, 7) is 11.4. The van der Waals surface area contributed by atoms with Gasteiger partial charge in [-0.25, -0.2) is 0 Å². The molecule has 0 bridgehead atoms. The summed E-state index contributed by atoms with van der Waals surface area (Å²) in [4.78, 5) is 2.16. The third-order valence-electron chi connectivity index (χ3n) is 1.50. The number of hydrogen-bond acceptors (Lipinski definition) is 1. The zero-order valence-corrected chi connectivity index (χ0v) is 5.64. The van der Waals surface area contributed by atoms with Crippen molar-refractivity contribution in [2.24, 2.45) is 0 Å². The first-order valence-corrected chi connectivity index (χ1v) is 3.20. The Balaban J connectivity index is 2.31. The minimum absolute atomic E-state index is 0.921. The zero-order chi connectivity index (χ0) is 6.69. The van der Waals surface area contributed by atoms with Crippen molar-refractivity contribution in [1.29, 1.82) is 0 Å². The van der Waals surface area contributed by atoms with Crippen LogP contribution >= 0.6 is 0 Å². The van der Waals surface area contributed by atoms with Crippen molar-refractivity contribution in [3.63, 3.8) is 0 Å². The minimum Gasteiger partial charge on any atom is -0.659 e. The fourth-order valence-corrected chi connectivity index (χ4v) is 0.923. The second-order valence-electron chi connectivity index (χ2n) is 2.22. The van der Waals surface area contributed by atoms with Gasteiger partial charge < -0.3 is 10.2 Å². The van der Waals surface area contributed by atoms with Crippen LogP contribution in [0.25, 0.3) is 5.32 Å². The highest BCUT2D eigenvalue weighted by Gasteiger charge is 2.05. The molecule has 0 aliphatic carbocycles. The maximum absolute atomic E-state index is 4.20. The number of piperazine rings is 1. The summed E-state index contributed by atoms with van der Waals surface area (Å²) in [5, 5.41) is 4.20. The summed E-state index contributed by atoms with van der Waals surface area (Å²) in [6, 6.07) is 0. The lowest BCUT2D eigenvalue weighted by Crippen LogP contribution is -2.32. The van der Waals surface area contributed by atoms with Gasteiger partial charge in [0.25, 0.3) is 0 Å². The molecular formula is C7H12N2. The van der Waals surface area contributed by atoms with E-state index in [0.717, 1.165) is 31.9 Å². The lowest BCUT2D eigenvalue weighted by molar-refractivity contribution is 0.360. The number of hydrogen-bond donors (Lipinski definition) is 0. The highest BCUT2D eigenvalue weighted by atomic mass is 15.2. The van der Waals surface area contributed by atoms with Gasteiger partial charge in [0.05, 0.1) is 13.5 Å². The molecule has 1 heterocycles. The summed E-state index contributed by atoms with van der Waals surface area (Å²) in [5.41, 5.74) is 0.921. The van der Waals surface area contributed by atoms with E-state index in [1.165, 1.54) is 0 Å². The Bertz CT molecular complexity index is 103. The first-order chi connectivity index (χ1) is 4.30. The average Bonchev–Trinajstić information content (AvgIpc) is 1.90. The van der Waals surface area contributed by atoms with Crippen LogP contribution in [0.1, 0.15) is 0 Å². The third kappa shape index (κ3) is 1.64. The fourth-order valence-electron chi connectivity index (χ4n) is 0.923. The molecule has 0 spiro atoms. The number of allylic oxidation sites excluding steroid dienone is 1. The van der Waals surface area contributed by atoms with E-state index in [9.17, 15) is 0 Å². The van der Waals surface area contributed by atoms with Crippen LogP contribution in [-0.2, 0) is 0 Å². The van der Waals surface area contributed by atoms with E-state index < -0.39 is 0 Å². The summed E-state index contributed by atoms with van der Waals surface area (Å²) in [7, 11) is 0. The van der Waals surface area contributed by atoms with Crippen molar-refractivity contribution in [3.05, 3.63) is 24.5 Å². The monoisotopic (exact) mass is 124 g/mol. The van der Waals surface area contributed by atoms with Crippen molar-refractivity contribution < 1.29 is 0 Å². The maximum Gasteiger partial charge on any atom is 0.186 e. The molecule has 0 amide bonds. The highest BCUT2D eigenvalue weighted by molar-refractivity contribution is 5.02. The van der Waals surface area contributed by atoms with E-state index in [0.29, 0.717) is 0 Å². The molecule has 1 saturated heterocycles. The van der Waals surface area contributed by atoms with Gasteiger partial charge in [-0.15, -0.1) is 13.1 Å². The van der Waals surface area contributed by atoms with E-state index in [2.05, 4.69) is 23.7 Å². The second kappa shape index (κ2) is 2.78. The van der Waals surface area contributed by atoms with Crippen LogP contribution < -0.4 is 0 Å². The fraction of sp³-hybridized carbons (Fsp3) is 0.571. The molecule has 0 aromatic heterocycles. The molecule has 2 heteroatoms. The highest BCUT2D eigenvalue weighted by Crippen LogP contribution is 2.05. The van der Waals surface area contributed by atoms with E-state index in [-0.39, 0.29) is 0 Å². The van der Waals surface area contributed by atoms with Crippen LogP contribution in [0.5, 0.6) is 0 Å². The van der Waals surface area contributed by atoms with Gasteiger partial charge in [-0.2, -0.15) is 0 Å². The van der Waals surface area contributed by atoms with E-state index >= 15 is 0 Å². The smallest absolute Gasteiger partial charge is 0.186 e. The standard InChI is InChI=1S/C7H12N2/c1-7(2)9-5-3-8-4-6-9/h1-6H2. The average molecular weight is 124 g/mol. The van der Waals surface area contributed by atoms with Crippen molar-refractivity contribution in [2.75, 3.05) is 26.2 Å². The van der Waals surface area contributed by atoms with Gasteiger partial charge in [-0.1, -0.05) is 0 Å². The molecule has 0 radical (unpaired) electrons. The normalized spacial score (nSPS) is 19.8. The molecule has 0 unspecified atom stereocenters. The van der Waals surface area contributed by atoms with Crippen LogP contribution in [0.15, 0.2) is 12.3 Å². The summed E-state index contributed by atoms with van der Waals surface area (Å²) in [5.74, 6) is 0. The second-order valence-corrected chi connectivity index (χ2v) is 2.22. The quantitative estimate of drug-likeness (QED) is 0.477. The molecule has 1 fully saturated rings. The Morgan fingerprint density at radius 3 is 2.33 bits per heavy atom. The summed E-state index contributed by atoms with van der Waals surface area (Å²) >= 11 is 0. The Kier molecular flexibility index (Phi) is 2.01. The Morgan fingerprint density at radius 1 is 1.44 bits per heavy atom. The van der Waals surface area contributed by atoms with Gasteiger partial charge >= 0.3 is 0 Å². The molecule has 9 heavy (non-hydrogen) atoms. The van der Waals surface area contributed by atoms with Crippen molar-refractivity contribution in [2.45, 2.75) is 0 Å². The Morgan fingerprint density at radius 2 is 2.00 bits per heavy atom. The van der Waals surface area contributed by atoms with Gasteiger partial charge in [0, 0.05) is 13.1 Å². The lowest BCUT2D eigenvalue weighted by Gasteiger charge is -2.34. The van der Waals surface area contributed by atoms with Crippen LogP contribution in [0, 0.1) is 6.92 Å². The predicted octanol–water partition coefficient (Wildman–Crippen LogP) is 1.02. The van der Waals surface area contributed by atoms with Crippen LogP contribution in [-0.4, -0.2) is 31.1 Å². The summed E-state index contributed by atoms with van der Waals surface area (Å²) < 4.78 is 0. The molecule has 50 valence electrons. The molecule has 1 aliphatic heterocycles. The Labute approximate surface area is 56.5 Å². The predicted molar refractivity (Wildman–Crippen MR) is 39.2 cm³/mol.